The van der Waals surface area contributed by atoms with Crippen LogP contribution in [0.4, 0.5) is 5.82 Å². The first-order chi connectivity index (χ1) is 9.29. The summed E-state index contributed by atoms with van der Waals surface area (Å²) in [7, 11) is 1.90. The maximum atomic E-state index is 4.34. The number of likely N-dealkylation sites (N-methyl/N-ethyl adjacent to an activating group) is 1. The smallest absolute Gasteiger partial charge is 0.163 e. The average molecular weight is 260 g/mol. The number of hydrogen-bond donors (Lipinski definition) is 1. The van der Waals surface area contributed by atoms with Crippen molar-refractivity contribution in [2.45, 2.75) is 25.8 Å². The molecule has 0 saturated carbocycles. The number of nitrogens with one attached hydrogen (secondary N) is 1. The van der Waals surface area contributed by atoms with Crippen molar-refractivity contribution in [3.63, 3.8) is 0 Å². The molecular weight excluding hydrogens is 240 g/mol. The van der Waals surface area contributed by atoms with Gasteiger partial charge >= 0.3 is 0 Å². The summed E-state index contributed by atoms with van der Waals surface area (Å²) in [5.74, 6) is 0.890. The molecule has 1 saturated heterocycles. The topological polar surface area (TPSA) is 58.9 Å². The first-order valence-corrected chi connectivity index (χ1v) is 6.90. The van der Waals surface area contributed by atoms with E-state index in [-0.39, 0.29) is 0 Å². The van der Waals surface area contributed by atoms with E-state index in [0.29, 0.717) is 6.04 Å². The summed E-state index contributed by atoms with van der Waals surface area (Å²) in [5, 5.41) is 8.68. The number of aryl methyl sites for hydroxylation is 1. The number of fused-ring (bicyclic) bond motifs is 1. The van der Waals surface area contributed by atoms with E-state index in [0.717, 1.165) is 29.9 Å². The molecule has 1 atom stereocenters. The fraction of sp³-hybridized carbons (Fsp3) is 0.615. The fourth-order valence-electron chi connectivity index (χ4n) is 2.86. The van der Waals surface area contributed by atoms with E-state index in [1.807, 2.05) is 13.2 Å². The molecule has 0 amide bonds. The standard InChI is InChI=1S/C13H20N6/c1-3-19-6-4-5-10(19)7-14-12-11-8-17-18(2)13(11)16-9-15-12/h8-10H,3-7H2,1-2H3,(H,14,15,16)/t10-/m1/s1. The van der Waals surface area contributed by atoms with Crippen molar-refractivity contribution < 1.29 is 0 Å². The lowest BCUT2D eigenvalue weighted by molar-refractivity contribution is 0.277. The summed E-state index contributed by atoms with van der Waals surface area (Å²) < 4.78 is 1.77. The molecule has 6 nitrogen and oxygen atoms in total. The van der Waals surface area contributed by atoms with E-state index in [4.69, 9.17) is 0 Å². The summed E-state index contributed by atoms with van der Waals surface area (Å²) in [5.41, 5.74) is 0.872. The Morgan fingerprint density at radius 2 is 2.32 bits per heavy atom. The van der Waals surface area contributed by atoms with Crippen molar-refractivity contribution in [1.82, 2.24) is 24.6 Å². The lowest BCUT2D eigenvalue weighted by Crippen LogP contribution is -2.34. The van der Waals surface area contributed by atoms with Crippen LogP contribution in [0.1, 0.15) is 19.8 Å². The summed E-state index contributed by atoms with van der Waals surface area (Å²) in [4.78, 5) is 11.1. The molecule has 1 N–H and O–H groups in total. The Kier molecular flexibility index (Phi) is 3.33. The lowest BCUT2D eigenvalue weighted by Gasteiger charge is -2.23. The maximum Gasteiger partial charge on any atom is 0.163 e. The second kappa shape index (κ2) is 5.13. The Labute approximate surface area is 112 Å². The lowest BCUT2D eigenvalue weighted by atomic mass is 10.2. The van der Waals surface area contributed by atoms with Gasteiger partial charge in [0, 0.05) is 19.6 Å². The van der Waals surface area contributed by atoms with Crippen molar-refractivity contribution in [2.75, 3.05) is 25.0 Å². The van der Waals surface area contributed by atoms with Gasteiger partial charge in [-0.1, -0.05) is 6.92 Å². The number of aromatic nitrogens is 4. The SMILES string of the molecule is CCN1CCC[C@@H]1CNc1ncnc2c1cnn2C. The predicted molar refractivity (Wildman–Crippen MR) is 75.1 cm³/mol. The molecule has 3 rings (SSSR count). The minimum Gasteiger partial charge on any atom is -0.368 e. The van der Waals surface area contributed by atoms with Gasteiger partial charge in [0.1, 0.15) is 12.1 Å². The molecule has 102 valence electrons. The molecule has 2 aromatic heterocycles. The molecule has 6 heteroatoms. The Bertz CT molecular complexity index is 563. The molecule has 19 heavy (non-hydrogen) atoms. The molecule has 1 fully saturated rings. The number of rotatable bonds is 4. The number of likely N-dealkylation sites (tertiary alicyclic amines) is 1. The Balaban J connectivity index is 1.75. The highest BCUT2D eigenvalue weighted by molar-refractivity contribution is 5.85. The van der Waals surface area contributed by atoms with Crippen molar-refractivity contribution >= 4 is 16.9 Å². The van der Waals surface area contributed by atoms with Crippen LogP contribution < -0.4 is 5.32 Å². The first-order valence-electron chi connectivity index (χ1n) is 6.90. The van der Waals surface area contributed by atoms with Gasteiger partial charge in [-0.3, -0.25) is 9.58 Å². The van der Waals surface area contributed by atoms with Crippen LogP contribution in [-0.4, -0.2) is 50.3 Å². The van der Waals surface area contributed by atoms with E-state index >= 15 is 0 Å². The van der Waals surface area contributed by atoms with Crippen molar-refractivity contribution in [3.8, 4) is 0 Å². The van der Waals surface area contributed by atoms with E-state index in [1.54, 1.807) is 11.0 Å². The molecule has 1 aliphatic heterocycles. The highest BCUT2D eigenvalue weighted by Gasteiger charge is 2.22. The van der Waals surface area contributed by atoms with Gasteiger partial charge in [-0.25, -0.2) is 9.97 Å². The van der Waals surface area contributed by atoms with E-state index in [1.165, 1.54) is 19.4 Å². The number of nitrogens with zero attached hydrogens (tertiary/aromatic N) is 5. The van der Waals surface area contributed by atoms with Crippen LogP contribution >= 0.6 is 0 Å². The van der Waals surface area contributed by atoms with Gasteiger partial charge in [0.15, 0.2) is 5.65 Å². The Morgan fingerprint density at radius 1 is 1.42 bits per heavy atom. The number of anilines is 1. The summed E-state index contributed by atoms with van der Waals surface area (Å²) >= 11 is 0. The quantitative estimate of drug-likeness (QED) is 0.897. The molecule has 0 unspecified atom stereocenters. The Morgan fingerprint density at radius 3 is 3.16 bits per heavy atom. The second-order valence-electron chi connectivity index (χ2n) is 5.03. The van der Waals surface area contributed by atoms with Gasteiger partial charge in [0.25, 0.3) is 0 Å². The zero-order valence-corrected chi connectivity index (χ0v) is 11.5. The van der Waals surface area contributed by atoms with Crippen LogP contribution in [0.5, 0.6) is 0 Å². The number of hydrogen-bond acceptors (Lipinski definition) is 5. The fourth-order valence-corrected chi connectivity index (χ4v) is 2.86. The molecule has 0 aromatic carbocycles. The predicted octanol–water partition coefficient (Wildman–Crippen LogP) is 1.26. The van der Waals surface area contributed by atoms with E-state index in [9.17, 15) is 0 Å². The van der Waals surface area contributed by atoms with Crippen LogP contribution in [-0.2, 0) is 7.05 Å². The summed E-state index contributed by atoms with van der Waals surface area (Å²) in [6.45, 7) is 5.50. The third-order valence-electron chi connectivity index (χ3n) is 3.94. The zero-order valence-electron chi connectivity index (χ0n) is 11.5. The molecule has 2 aromatic rings. The van der Waals surface area contributed by atoms with Gasteiger partial charge in [-0.2, -0.15) is 5.10 Å². The Hall–Kier alpha value is -1.69. The van der Waals surface area contributed by atoms with Crippen molar-refractivity contribution in [2.24, 2.45) is 7.05 Å². The van der Waals surface area contributed by atoms with E-state index < -0.39 is 0 Å². The summed E-state index contributed by atoms with van der Waals surface area (Å²) in [6.07, 6.45) is 5.98. The highest BCUT2D eigenvalue weighted by atomic mass is 15.3. The zero-order chi connectivity index (χ0) is 13.2. The normalized spacial score (nSPS) is 20.2. The van der Waals surface area contributed by atoms with Crippen molar-refractivity contribution in [3.05, 3.63) is 12.5 Å². The van der Waals surface area contributed by atoms with Gasteiger partial charge in [0.2, 0.25) is 0 Å². The monoisotopic (exact) mass is 260 g/mol. The largest absolute Gasteiger partial charge is 0.368 e. The van der Waals surface area contributed by atoms with Crippen LogP contribution in [0.15, 0.2) is 12.5 Å². The third kappa shape index (κ3) is 2.28. The van der Waals surface area contributed by atoms with Gasteiger partial charge < -0.3 is 5.32 Å². The van der Waals surface area contributed by atoms with Crippen LogP contribution in [0.2, 0.25) is 0 Å². The molecule has 1 aliphatic rings. The highest BCUT2D eigenvalue weighted by Crippen LogP contribution is 2.20. The maximum absolute atomic E-state index is 4.34. The average Bonchev–Trinajstić information content (AvgIpc) is 3.03. The van der Waals surface area contributed by atoms with E-state index in [2.05, 4.69) is 32.2 Å². The van der Waals surface area contributed by atoms with Gasteiger partial charge in [0.05, 0.1) is 11.6 Å². The van der Waals surface area contributed by atoms with Crippen molar-refractivity contribution in [1.29, 1.82) is 0 Å². The summed E-state index contributed by atoms with van der Waals surface area (Å²) in [6, 6.07) is 0.617. The molecular formula is C13H20N6. The van der Waals surface area contributed by atoms with Crippen LogP contribution in [0.3, 0.4) is 0 Å². The molecule has 0 spiro atoms. The second-order valence-corrected chi connectivity index (χ2v) is 5.03. The molecule has 0 aliphatic carbocycles. The van der Waals surface area contributed by atoms with Crippen LogP contribution in [0.25, 0.3) is 11.0 Å². The van der Waals surface area contributed by atoms with Gasteiger partial charge in [-0.15, -0.1) is 0 Å². The molecule has 3 heterocycles. The third-order valence-corrected chi connectivity index (χ3v) is 3.94. The minimum absolute atomic E-state index is 0.617. The van der Waals surface area contributed by atoms with Gasteiger partial charge in [-0.05, 0) is 25.9 Å². The molecule has 0 radical (unpaired) electrons. The minimum atomic E-state index is 0.617. The first kappa shape index (κ1) is 12.3. The molecule has 0 bridgehead atoms. The van der Waals surface area contributed by atoms with Crippen LogP contribution in [0, 0.1) is 0 Å².